The van der Waals surface area contributed by atoms with Crippen molar-refractivity contribution in [1.29, 1.82) is 0 Å². The number of fused-ring (bicyclic) bond motifs is 2. The van der Waals surface area contributed by atoms with Crippen molar-refractivity contribution in [3.63, 3.8) is 0 Å². The highest BCUT2D eigenvalue weighted by atomic mass is 16.5. The molecule has 0 heterocycles. The van der Waals surface area contributed by atoms with E-state index in [9.17, 15) is 9.59 Å². The smallest absolute Gasteiger partial charge is 0.308 e. The van der Waals surface area contributed by atoms with Gasteiger partial charge in [0.1, 0.15) is 11.5 Å². The van der Waals surface area contributed by atoms with Crippen molar-refractivity contribution in [3.05, 3.63) is 48.0 Å². The lowest BCUT2D eigenvalue weighted by Crippen LogP contribution is -2.06. The van der Waals surface area contributed by atoms with Gasteiger partial charge >= 0.3 is 11.9 Å². The molecule has 0 amide bonds. The van der Waals surface area contributed by atoms with E-state index in [1.165, 1.54) is 116 Å². The number of aryl methyl sites for hydroxylation is 1. The number of carbonyl (C=O) groups excluding carboxylic acids is 2. The maximum atomic E-state index is 12.0. The lowest BCUT2D eigenvalue weighted by Gasteiger charge is -2.16. The Hall–Kier alpha value is -2.88. The summed E-state index contributed by atoms with van der Waals surface area (Å²) < 4.78 is 11.4. The first kappa shape index (κ1) is 31.6. The van der Waals surface area contributed by atoms with Crippen LogP contribution in [0, 0.1) is 0 Å². The zero-order chi connectivity index (χ0) is 28.6. The standard InChI is InChI=1S/C36H50O4/c1-4-5-6-7-8-9-10-11-12-13-14-15-16-17-18-19-22-30-25-26-33-34(27-30)36(40-29(3)38)32-24-21-20-23-31(32)35(33)39-28(2)37/h20-21,23-27H,4-19,22H2,1-3H3. The first-order valence-electron chi connectivity index (χ1n) is 15.9. The van der Waals surface area contributed by atoms with Crippen molar-refractivity contribution in [2.24, 2.45) is 0 Å². The first-order chi connectivity index (χ1) is 19.5. The summed E-state index contributed by atoms with van der Waals surface area (Å²) in [7, 11) is 0. The summed E-state index contributed by atoms with van der Waals surface area (Å²) >= 11 is 0. The maximum Gasteiger partial charge on any atom is 0.308 e. The van der Waals surface area contributed by atoms with Gasteiger partial charge in [0.25, 0.3) is 0 Å². The zero-order valence-electron chi connectivity index (χ0n) is 25.2. The van der Waals surface area contributed by atoms with Crippen LogP contribution >= 0.6 is 0 Å². The van der Waals surface area contributed by atoms with Crippen LogP contribution in [0.4, 0.5) is 0 Å². The molecule has 0 bridgehead atoms. The molecule has 40 heavy (non-hydrogen) atoms. The number of esters is 2. The van der Waals surface area contributed by atoms with E-state index in [4.69, 9.17) is 9.47 Å². The Bertz CT molecular complexity index is 1210. The van der Waals surface area contributed by atoms with Gasteiger partial charge < -0.3 is 9.47 Å². The minimum Gasteiger partial charge on any atom is -0.425 e. The Morgan fingerprint density at radius 3 is 1.38 bits per heavy atom. The third-order valence-corrected chi connectivity index (χ3v) is 7.80. The van der Waals surface area contributed by atoms with Crippen molar-refractivity contribution in [2.45, 2.75) is 130 Å². The molecule has 0 saturated carbocycles. The minimum absolute atomic E-state index is 0.366. The topological polar surface area (TPSA) is 52.6 Å². The van der Waals surface area contributed by atoms with E-state index in [-0.39, 0.29) is 11.9 Å². The largest absolute Gasteiger partial charge is 0.425 e. The number of rotatable bonds is 19. The number of unbranched alkanes of at least 4 members (excludes halogenated alkanes) is 15. The molecule has 4 nitrogen and oxygen atoms in total. The second-order valence-electron chi connectivity index (χ2n) is 11.3. The quantitative estimate of drug-likeness (QED) is 0.0649. The molecule has 0 saturated heterocycles. The monoisotopic (exact) mass is 546 g/mol. The SMILES string of the molecule is CCCCCCCCCCCCCCCCCCc1ccc2c(OC(C)=O)c3ccccc3c(OC(C)=O)c2c1. The van der Waals surface area contributed by atoms with Crippen molar-refractivity contribution in [3.8, 4) is 11.5 Å². The van der Waals surface area contributed by atoms with Gasteiger partial charge in [0.05, 0.1) is 0 Å². The molecule has 0 atom stereocenters. The summed E-state index contributed by atoms with van der Waals surface area (Å²) in [4.78, 5) is 23.9. The zero-order valence-corrected chi connectivity index (χ0v) is 25.2. The van der Waals surface area contributed by atoms with Crippen molar-refractivity contribution in [2.75, 3.05) is 0 Å². The van der Waals surface area contributed by atoms with Crippen LogP contribution in [0.2, 0.25) is 0 Å². The van der Waals surface area contributed by atoms with E-state index < -0.39 is 0 Å². The molecule has 0 aliphatic heterocycles. The highest BCUT2D eigenvalue weighted by Crippen LogP contribution is 2.43. The summed E-state index contributed by atoms with van der Waals surface area (Å²) in [6.07, 6.45) is 22.7. The Kier molecular flexibility index (Phi) is 14.0. The molecule has 0 aliphatic rings. The normalized spacial score (nSPS) is 11.3. The Labute approximate surface area is 241 Å². The highest BCUT2D eigenvalue weighted by Gasteiger charge is 2.18. The lowest BCUT2D eigenvalue weighted by atomic mass is 9.96. The number of ether oxygens (including phenoxy) is 2. The molecule has 218 valence electrons. The number of hydrogen-bond donors (Lipinski definition) is 0. The van der Waals surface area contributed by atoms with Gasteiger partial charge in [-0.15, -0.1) is 0 Å². The Morgan fingerprint density at radius 2 is 0.925 bits per heavy atom. The molecule has 0 unspecified atom stereocenters. The van der Waals surface area contributed by atoms with E-state index in [1.54, 1.807) is 0 Å². The maximum absolute atomic E-state index is 12.0. The van der Waals surface area contributed by atoms with Gasteiger partial charge in [-0.25, -0.2) is 0 Å². The van der Waals surface area contributed by atoms with E-state index in [1.807, 2.05) is 30.3 Å². The van der Waals surface area contributed by atoms with E-state index in [0.29, 0.717) is 11.5 Å². The van der Waals surface area contributed by atoms with Crippen LogP contribution in [-0.4, -0.2) is 11.9 Å². The Balaban J connectivity index is 1.45. The lowest BCUT2D eigenvalue weighted by molar-refractivity contribution is -0.132. The summed E-state index contributed by atoms with van der Waals surface area (Å²) in [5, 5.41) is 3.10. The Morgan fingerprint density at radius 1 is 0.525 bits per heavy atom. The van der Waals surface area contributed by atoms with Gasteiger partial charge in [0.15, 0.2) is 0 Å². The molecule has 0 aromatic heterocycles. The van der Waals surface area contributed by atoms with Crippen LogP contribution in [-0.2, 0) is 16.0 Å². The van der Waals surface area contributed by atoms with Crippen LogP contribution in [0.25, 0.3) is 21.5 Å². The predicted molar refractivity (Wildman–Crippen MR) is 167 cm³/mol. The van der Waals surface area contributed by atoms with E-state index in [0.717, 1.165) is 34.4 Å². The number of benzene rings is 3. The predicted octanol–water partition coefficient (Wildman–Crippen LogP) is 10.6. The molecule has 0 fully saturated rings. The molecular weight excluding hydrogens is 496 g/mol. The summed E-state index contributed by atoms with van der Waals surface area (Å²) in [5.41, 5.74) is 1.20. The van der Waals surface area contributed by atoms with Crippen LogP contribution in [0.15, 0.2) is 42.5 Å². The summed E-state index contributed by atoms with van der Waals surface area (Å²) in [5.74, 6) is 0.310. The molecular formula is C36H50O4. The molecule has 3 aromatic carbocycles. The molecule has 0 spiro atoms. The molecule has 0 aliphatic carbocycles. The van der Waals surface area contributed by atoms with Gasteiger partial charge in [-0.1, -0.05) is 140 Å². The molecule has 3 rings (SSSR count). The van der Waals surface area contributed by atoms with E-state index >= 15 is 0 Å². The number of hydrogen-bond acceptors (Lipinski definition) is 4. The minimum atomic E-state index is -0.371. The fraction of sp³-hybridized carbons (Fsp3) is 0.556. The molecule has 4 heteroatoms. The van der Waals surface area contributed by atoms with Gasteiger partial charge in [0, 0.05) is 35.4 Å². The number of carbonyl (C=O) groups is 2. The van der Waals surface area contributed by atoms with Crippen molar-refractivity contribution in [1.82, 2.24) is 0 Å². The third kappa shape index (κ3) is 10.3. The molecule has 0 radical (unpaired) electrons. The van der Waals surface area contributed by atoms with Crippen LogP contribution in [0.3, 0.4) is 0 Å². The molecule has 0 N–H and O–H groups in total. The molecule has 3 aromatic rings. The third-order valence-electron chi connectivity index (χ3n) is 7.80. The van der Waals surface area contributed by atoms with Gasteiger partial charge in [0.2, 0.25) is 0 Å². The van der Waals surface area contributed by atoms with Crippen molar-refractivity contribution >= 4 is 33.5 Å². The average molecular weight is 547 g/mol. The first-order valence-corrected chi connectivity index (χ1v) is 15.9. The van der Waals surface area contributed by atoms with Crippen molar-refractivity contribution < 1.29 is 19.1 Å². The highest BCUT2D eigenvalue weighted by molar-refractivity contribution is 6.12. The average Bonchev–Trinajstić information content (AvgIpc) is 2.94. The second-order valence-corrected chi connectivity index (χ2v) is 11.3. The van der Waals surface area contributed by atoms with Crippen LogP contribution in [0.1, 0.15) is 129 Å². The van der Waals surface area contributed by atoms with Crippen LogP contribution < -0.4 is 9.47 Å². The summed E-state index contributed by atoms with van der Waals surface area (Å²) in [6.45, 7) is 5.11. The second kappa shape index (κ2) is 17.7. The van der Waals surface area contributed by atoms with Gasteiger partial charge in [-0.05, 0) is 24.5 Å². The van der Waals surface area contributed by atoms with Gasteiger partial charge in [-0.3, -0.25) is 9.59 Å². The summed E-state index contributed by atoms with van der Waals surface area (Å²) in [6, 6.07) is 13.8. The fourth-order valence-corrected chi connectivity index (χ4v) is 5.69. The van der Waals surface area contributed by atoms with Gasteiger partial charge in [-0.2, -0.15) is 0 Å². The van der Waals surface area contributed by atoms with Crippen LogP contribution in [0.5, 0.6) is 11.5 Å². The van der Waals surface area contributed by atoms with E-state index in [2.05, 4.69) is 19.1 Å². The fourth-order valence-electron chi connectivity index (χ4n) is 5.69.